The summed E-state index contributed by atoms with van der Waals surface area (Å²) in [6, 6.07) is 11.6. The van der Waals surface area contributed by atoms with Crippen molar-refractivity contribution in [2.24, 2.45) is 0 Å². The number of carbonyl (C=O) groups is 1. The van der Waals surface area contributed by atoms with Gasteiger partial charge in [0.2, 0.25) is 0 Å². The minimum atomic E-state index is -0.171. The van der Waals surface area contributed by atoms with E-state index in [4.69, 9.17) is 0 Å². The molecule has 0 spiro atoms. The van der Waals surface area contributed by atoms with Gasteiger partial charge < -0.3 is 10.6 Å². The molecule has 3 aromatic rings. The monoisotopic (exact) mass is 410 g/mol. The molecule has 0 saturated heterocycles. The van der Waals surface area contributed by atoms with E-state index in [0.29, 0.717) is 5.56 Å². The predicted molar refractivity (Wildman–Crippen MR) is 107 cm³/mol. The van der Waals surface area contributed by atoms with E-state index in [9.17, 15) is 4.79 Å². The number of carbonyl (C=O) groups excluding carboxylic acids is 1. The van der Waals surface area contributed by atoms with Gasteiger partial charge in [0.1, 0.15) is 0 Å². The quantitative estimate of drug-likeness (QED) is 0.622. The van der Waals surface area contributed by atoms with Gasteiger partial charge >= 0.3 is 0 Å². The second-order valence-electron chi connectivity index (χ2n) is 6.09. The second-order valence-corrected chi connectivity index (χ2v) is 7.00. The van der Waals surface area contributed by atoms with Gasteiger partial charge in [-0.15, -0.1) is 0 Å². The molecule has 1 amide bonds. The Balaban J connectivity index is 1.72. The summed E-state index contributed by atoms with van der Waals surface area (Å²) >= 11 is 3.42. The summed E-state index contributed by atoms with van der Waals surface area (Å²) in [6.07, 6.45) is 6.81. The molecular weight excluding hydrogens is 392 g/mol. The zero-order valence-corrected chi connectivity index (χ0v) is 16.1. The number of hydrogen-bond donors (Lipinski definition) is 2. The molecule has 2 heterocycles. The molecule has 0 radical (unpaired) electrons. The Hall–Kier alpha value is -2.73. The number of nitrogens with one attached hydrogen (secondary N) is 2. The lowest BCUT2D eigenvalue weighted by molar-refractivity contribution is 0.102. The average molecular weight is 411 g/mol. The van der Waals surface area contributed by atoms with Crippen LogP contribution in [0.1, 0.15) is 34.5 Å². The molecule has 5 nitrogen and oxygen atoms in total. The van der Waals surface area contributed by atoms with Crippen molar-refractivity contribution >= 4 is 33.2 Å². The van der Waals surface area contributed by atoms with E-state index in [2.05, 4.69) is 43.5 Å². The van der Waals surface area contributed by atoms with E-state index in [0.717, 1.165) is 27.0 Å². The fourth-order valence-corrected chi connectivity index (χ4v) is 2.96. The van der Waals surface area contributed by atoms with Crippen LogP contribution in [0.25, 0.3) is 0 Å². The number of pyridine rings is 2. The Bertz CT molecular complexity index is 929. The largest absolute Gasteiger partial charge is 0.377 e. The van der Waals surface area contributed by atoms with Gasteiger partial charge in [0.15, 0.2) is 0 Å². The zero-order chi connectivity index (χ0) is 18.5. The summed E-state index contributed by atoms with van der Waals surface area (Å²) in [5.74, 6) is -0.171. The number of hydrogen-bond acceptors (Lipinski definition) is 4. The Morgan fingerprint density at radius 3 is 2.62 bits per heavy atom. The zero-order valence-electron chi connectivity index (χ0n) is 14.5. The van der Waals surface area contributed by atoms with E-state index in [1.807, 2.05) is 43.3 Å². The van der Waals surface area contributed by atoms with Crippen LogP contribution in [-0.2, 0) is 0 Å². The normalized spacial score (nSPS) is 11.7. The first-order valence-corrected chi connectivity index (χ1v) is 9.00. The van der Waals surface area contributed by atoms with Crippen molar-refractivity contribution < 1.29 is 4.79 Å². The first kappa shape index (κ1) is 18.1. The van der Waals surface area contributed by atoms with Crippen LogP contribution in [0.5, 0.6) is 0 Å². The highest BCUT2D eigenvalue weighted by atomic mass is 79.9. The lowest BCUT2D eigenvalue weighted by Gasteiger charge is -2.17. The van der Waals surface area contributed by atoms with Crippen molar-refractivity contribution in [1.29, 1.82) is 0 Å². The van der Waals surface area contributed by atoms with E-state index in [1.165, 1.54) is 0 Å². The Morgan fingerprint density at radius 1 is 1.04 bits per heavy atom. The van der Waals surface area contributed by atoms with E-state index in [-0.39, 0.29) is 11.9 Å². The molecule has 6 heteroatoms. The van der Waals surface area contributed by atoms with E-state index in [1.54, 1.807) is 24.8 Å². The number of anilines is 2. The van der Waals surface area contributed by atoms with Crippen LogP contribution in [0, 0.1) is 6.92 Å². The van der Waals surface area contributed by atoms with E-state index < -0.39 is 0 Å². The fraction of sp³-hybridized carbons (Fsp3) is 0.150. The Kier molecular flexibility index (Phi) is 5.63. The van der Waals surface area contributed by atoms with Gasteiger partial charge in [-0.05, 0) is 65.2 Å². The highest BCUT2D eigenvalue weighted by molar-refractivity contribution is 9.10. The molecule has 0 bridgehead atoms. The predicted octanol–water partition coefficient (Wildman–Crippen LogP) is 4.97. The van der Waals surface area contributed by atoms with Crippen molar-refractivity contribution in [3.8, 4) is 0 Å². The molecule has 1 atom stereocenters. The number of amides is 1. The highest BCUT2D eigenvalue weighted by Gasteiger charge is 2.10. The third-order valence-corrected chi connectivity index (χ3v) is 4.30. The van der Waals surface area contributed by atoms with Crippen LogP contribution in [0.3, 0.4) is 0 Å². The lowest BCUT2D eigenvalue weighted by Crippen LogP contribution is -2.13. The molecule has 3 rings (SSSR count). The highest BCUT2D eigenvalue weighted by Crippen LogP contribution is 2.23. The number of rotatable bonds is 5. The molecule has 0 saturated carbocycles. The minimum Gasteiger partial charge on any atom is -0.377 e. The van der Waals surface area contributed by atoms with Crippen molar-refractivity contribution in [3.05, 3.63) is 82.3 Å². The van der Waals surface area contributed by atoms with Crippen molar-refractivity contribution in [3.63, 3.8) is 0 Å². The van der Waals surface area contributed by atoms with Crippen LogP contribution in [-0.4, -0.2) is 15.9 Å². The van der Waals surface area contributed by atoms with E-state index >= 15 is 0 Å². The minimum absolute atomic E-state index is 0.0589. The Morgan fingerprint density at radius 2 is 1.85 bits per heavy atom. The average Bonchev–Trinajstić information content (AvgIpc) is 2.62. The third-order valence-electron chi connectivity index (χ3n) is 3.87. The lowest BCUT2D eigenvalue weighted by atomic mass is 10.1. The molecule has 0 aliphatic rings. The summed E-state index contributed by atoms with van der Waals surface area (Å²) in [4.78, 5) is 20.6. The first-order chi connectivity index (χ1) is 12.5. The van der Waals surface area contributed by atoms with Crippen LogP contribution in [0.2, 0.25) is 0 Å². The van der Waals surface area contributed by atoms with Gasteiger partial charge in [0.05, 0.1) is 17.4 Å². The van der Waals surface area contributed by atoms with Crippen LogP contribution in [0.15, 0.2) is 65.7 Å². The maximum absolute atomic E-state index is 12.4. The summed E-state index contributed by atoms with van der Waals surface area (Å²) in [7, 11) is 0. The number of halogens is 1. The Labute approximate surface area is 161 Å². The summed E-state index contributed by atoms with van der Waals surface area (Å²) in [6.45, 7) is 3.97. The third kappa shape index (κ3) is 4.67. The molecule has 2 N–H and O–H groups in total. The molecule has 0 aliphatic carbocycles. The summed E-state index contributed by atoms with van der Waals surface area (Å²) in [5, 5.41) is 6.33. The number of aryl methyl sites for hydroxylation is 1. The van der Waals surface area contributed by atoms with Crippen LogP contribution >= 0.6 is 15.9 Å². The van der Waals surface area contributed by atoms with Gasteiger partial charge in [-0.1, -0.05) is 12.1 Å². The topological polar surface area (TPSA) is 66.9 Å². The summed E-state index contributed by atoms with van der Waals surface area (Å²) in [5.41, 5.74) is 4.22. The van der Waals surface area contributed by atoms with Gasteiger partial charge in [-0.2, -0.15) is 0 Å². The maximum Gasteiger partial charge on any atom is 0.257 e. The second kappa shape index (κ2) is 8.10. The molecule has 0 fully saturated rings. The molecule has 0 unspecified atom stereocenters. The van der Waals surface area contributed by atoms with Gasteiger partial charge in [-0.3, -0.25) is 14.8 Å². The summed E-state index contributed by atoms with van der Waals surface area (Å²) < 4.78 is 0.919. The molecular formula is C20H19BrN4O. The number of benzene rings is 1. The SMILES string of the molecule is Cc1cncc(C(=O)Nc2cccc([C@H](C)Nc3cncc(Br)c3)c2)c1. The fourth-order valence-electron chi connectivity index (χ4n) is 2.59. The van der Waals surface area contributed by atoms with Crippen LogP contribution < -0.4 is 10.6 Å². The van der Waals surface area contributed by atoms with Gasteiger partial charge in [-0.25, -0.2) is 0 Å². The van der Waals surface area contributed by atoms with Crippen molar-refractivity contribution in [2.45, 2.75) is 19.9 Å². The van der Waals surface area contributed by atoms with Gasteiger partial charge in [0, 0.05) is 34.8 Å². The number of aromatic nitrogens is 2. The number of nitrogens with zero attached hydrogens (tertiary/aromatic N) is 2. The molecule has 26 heavy (non-hydrogen) atoms. The van der Waals surface area contributed by atoms with Crippen molar-refractivity contribution in [2.75, 3.05) is 10.6 Å². The maximum atomic E-state index is 12.4. The van der Waals surface area contributed by atoms with Gasteiger partial charge in [0.25, 0.3) is 5.91 Å². The molecule has 0 aliphatic heterocycles. The smallest absolute Gasteiger partial charge is 0.257 e. The van der Waals surface area contributed by atoms with Crippen LogP contribution in [0.4, 0.5) is 11.4 Å². The standard InChI is InChI=1S/C20H19BrN4O/c1-13-6-16(10-22-9-13)20(26)25-18-5-3-4-15(7-18)14(2)24-19-8-17(21)11-23-12-19/h3-12,14,24H,1-2H3,(H,25,26)/t14-/m0/s1. The molecule has 2 aromatic heterocycles. The molecule has 132 valence electrons. The first-order valence-electron chi connectivity index (χ1n) is 8.21. The van der Waals surface area contributed by atoms with Crippen molar-refractivity contribution in [1.82, 2.24) is 9.97 Å². The molecule has 1 aromatic carbocycles.